The standard InChI is InChI=1S/C18H28BrN/c1-4-5-6-12-18(2,3)13-20-17-11-10-14-15(17)8-7-9-16(14)19/h7-9,17,20H,4-6,10-13H2,1-3H3. The zero-order chi connectivity index (χ0) is 14.6. The summed E-state index contributed by atoms with van der Waals surface area (Å²) in [4.78, 5) is 0. The molecule has 1 unspecified atom stereocenters. The highest BCUT2D eigenvalue weighted by Crippen LogP contribution is 2.36. The van der Waals surface area contributed by atoms with Crippen LogP contribution in [-0.4, -0.2) is 6.54 Å². The summed E-state index contributed by atoms with van der Waals surface area (Å²) in [6, 6.07) is 7.16. The van der Waals surface area contributed by atoms with Crippen molar-refractivity contribution in [2.75, 3.05) is 6.54 Å². The van der Waals surface area contributed by atoms with Crippen LogP contribution in [0, 0.1) is 5.41 Å². The van der Waals surface area contributed by atoms with Gasteiger partial charge in [-0.1, -0.05) is 68.1 Å². The fourth-order valence-electron chi connectivity index (χ4n) is 3.16. The van der Waals surface area contributed by atoms with E-state index in [-0.39, 0.29) is 0 Å². The Balaban J connectivity index is 1.88. The number of rotatable bonds is 7. The van der Waals surface area contributed by atoms with Gasteiger partial charge in [0, 0.05) is 17.1 Å². The molecule has 0 heterocycles. The van der Waals surface area contributed by atoms with Gasteiger partial charge in [-0.05, 0) is 41.9 Å². The van der Waals surface area contributed by atoms with Crippen LogP contribution in [0.1, 0.15) is 70.0 Å². The van der Waals surface area contributed by atoms with Crippen molar-refractivity contribution in [3.05, 3.63) is 33.8 Å². The number of benzene rings is 1. The van der Waals surface area contributed by atoms with E-state index >= 15 is 0 Å². The SMILES string of the molecule is CCCCCC(C)(C)CNC1CCc2c(Br)cccc21. The highest BCUT2D eigenvalue weighted by molar-refractivity contribution is 9.10. The van der Waals surface area contributed by atoms with Gasteiger partial charge in [-0.15, -0.1) is 0 Å². The van der Waals surface area contributed by atoms with Gasteiger partial charge in [0.15, 0.2) is 0 Å². The second-order valence-corrected chi connectivity index (χ2v) is 7.76. The summed E-state index contributed by atoms with van der Waals surface area (Å²) in [5, 5.41) is 3.81. The number of halogens is 1. The van der Waals surface area contributed by atoms with Crippen molar-refractivity contribution in [1.29, 1.82) is 0 Å². The average Bonchev–Trinajstić information content (AvgIpc) is 2.81. The topological polar surface area (TPSA) is 12.0 Å². The van der Waals surface area contributed by atoms with E-state index in [4.69, 9.17) is 0 Å². The molecule has 0 saturated heterocycles. The summed E-state index contributed by atoms with van der Waals surface area (Å²) >= 11 is 3.68. The molecule has 0 spiro atoms. The molecule has 1 nitrogen and oxygen atoms in total. The van der Waals surface area contributed by atoms with Crippen molar-refractivity contribution < 1.29 is 0 Å². The third-order valence-electron chi connectivity index (χ3n) is 4.50. The molecule has 20 heavy (non-hydrogen) atoms. The molecule has 1 aliphatic rings. The largest absolute Gasteiger partial charge is 0.309 e. The third kappa shape index (κ3) is 4.08. The molecule has 0 radical (unpaired) electrons. The first-order valence-electron chi connectivity index (χ1n) is 8.04. The minimum atomic E-state index is 0.407. The van der Waals surface area contributed by atoms with Crippen molar-refractivity contribution in [3.8, 4) is 0 Å². The van der Waals surface area contributed by atoms with E-state index in [2.05, 4.69) is 60.2 Å². The summed E-state index contributed by atoms with van der Waals surface area (Å²) in [6.45, 7) is 8.19. The third-order valence-corrected chi connectivity index (χ3v) is 5.24. The fraction of sp³-hybridized carbons (Fsp3) is 0.667. The predicted molar refractivity (Wildman–Crippen MR) is 91.1 cm³/mol. The lowest BCUT2D eigenvalue weighted by Crippen LogP contribution is -2.31. The molecule has 0 saturated carbocycles. The van der Waals surface area contributed by atoms with Gasteiger partial charge in [0.2, 0.25) is 0 Å². The van der Waals surface area contributed by atoms with Crippen LogP contribution in [0.2, 0.25) is 0 Å². The van der Waals surface area contributed by atoms with E-state index in [9.17, 15) is 0 Å². The van der Waals surface area contributed by atoms with Gasteiger partial charge >= 0.3 is 0 Å². The Morgan fingerprint density at radius 2 is 2.10 bits per heavy atom. The molecule has 2 heteroatoms. The molecule has 0 fully saturated rings. The van der Waals surface area contributed by atoms with Crippen molar-refractivity contribution in [1.82, 2.24) is 5.32 Å². The van der Waals surface area contributed by atoms with Crippen molar-refractivity contribution in [2.24, 2.45) is 5.41 Å². The minimum Gasteiger partial charge on any atom is -0.309 e. The second-order valence-electron chi connectivity index (χ2n) is 6.90. The Labute approximate surface area is 132 Å². The number of hydrogen-bond donors (Lipinski definition) is 1. The Bertz CT molecular complexity index is 439. The number of unbranched alkanes of at least 4 members (excludes halogenated alkanes) is 2. The van der Waals surface area contributed by atoms with Gasteiger partial charge in [0.1, 0.15) is 0 Å². The van der Waals surface area contributed by atoms with Crippen molar-refractivity contribution >= 4 is 15.9 Å². The van der Waals surface area contributed by atoms with Crippen LogP contribution >= 0.6 is 15.9 Å². The molecular weight excluding hydrogens is 310 g/mol. The van der Waals surface area contributed by atoms with Gasteiger partial charge in [-0.2, -0.15) is 0 Å². The van der Waals surface area contributed by atoms with E-state index in [0.717, 1.165) is 6.54 Å². The van der Waals surface area contributed by atoms with Gasteiger partial charge in [0.05, 0.1) is 0 Å². The fourth-order valence-corrected chi connectivity index (χ4v) is 3.74. The average molecular weight is 338 g/mol. The summed E-state index contributed by atoms with van der Waals surface area (Å²) in [5.74, 6) is 0. The molecule has 112 valence electrons. The second kappa shape index (κ2) is 7.09. The highest BCUT2D eigenvalue weighted by atomic mass is 79.9. The van der Waals surface area contributed by atoms with E-state index in [0.29, 0.717) is 11.5 Å². The van der Waals surface area contributed by atoms with Crippen LogP contribution in [0.4, 0.5) is 0 Å². The quantitative estimate of drug-likeness (QED) is 0.635. The lowest BCUT2D eigenvalue weighted by Gasteiger charge is -2.27. The van der Waals surface area contributed by atoms with Crippen molar-refractivity contribution in [3.63, 3.8) is 0 Å². The molecule has 0 aliphatic heterocycles. The normalized spacial score (nSPS) is 18.3. The van der Waals surface area contributed by atoms with Gasteiger partial charge in [-0.25, -0.2) is 0 Å². The number of nitrogens with one attached hydrogen (secondary N) is 1. The molecule has 1 aliphatic carbocycles. The zero-order valence-corrected chi connectivity index (χ0v) is 14.7. The van der Waals surface area contributed by atoms with Gasteiger partial charge < -0.3 is 5.32 Å². The van der Waals surface area contributed by atoms with E-state index < -0.39 is 0 Å². The first kappa shape index (κ1) is 16.0. The lowest BCUT2D eigenvalue weighted by molar-refractivity contribution is 0.287. The Morgan fingerprint density at radius 1 is 1.30 bits per heavy atom. The van der Waals surface area contributed by atoms with Crippen LogP contribution in [0.5, 0.6) is 0 Å². The number of hydrogen-bond acceptors (Lipinski definition) is 1. The first-order chi connectivity index (χ1) is 9.53. The molecule has 1 aromatic rings. The monoisotopic (exact) mass is 337 g/mol. The molecule has 0 bridgehead atoms. The van der Waals surface area contributed by atoms with Crippen LogP contribution in [0.25, 0.3) is 0 Å². The maximum atomic E-state index is 3.81. The van der Waals surface area contributed by atoms with Crippen molar-refractivity contribution in [2.45, 2.75) is 65.3 Å². The zero-order valence-electron chi connectivity index (χ0n) is 13.1. The predicted octanol–water partition coefficient (Wildman–Crippen LogP) is 5.63. The molecule has 1 atom stereocenters. The Kier molecular flexibility index (Phi) is 5.68. The van der Waals surface area contributed by atoms with E-state index in [1.807, 2.05) is 0 Å². The summed E-state index contributed by atoms with van der Waals surface area (Å²) in [5.41, 5.74) is 3.42. The van der Waals surface area contributed by atoms with Crippen LogP contribution < -0.4 is 5.32 Å². The van der Waals surface area contributed by atoms with E-state index in [1.54, 1.807) is 0 Å². The van der Waals surface area contributed by atoms with Crippen LogP contribution in [-0.2, 0) is 6.42 Å². The molecule has 1 N–H and O–H groups in total. The molecule has 1 aromatic carbocycles. The van der Waals surface area contributed by atoms with Gasteiger partial charge in [-0.3, -0.25) is 0 Å². The maximum absolute atomic E-state index is 3.81. The maximum Gasteiger partial charge on any atom is 0.0326 e. The lowest BCUT2D eigenvalue weighted by atomic mass is 9.86. The smallest absolute Gasteiger partial charge is 0.0326 e. The number of fused-ring (bicyclic) bond motifs is 1. The first-order valence-corrected chi connectivity index (χ1v) is 8.83. The molecule has 2 rings (SSSR count). The Hall–Kier alpha value is -0.340. The summed E-state index contributed by atoms with van der Waals surface area (Å²) in [7, 11) is 0. The summed E-state index contributed by atoms with van der Waals surface area (Å²) < 4.78 is 1.28. The van der Waals surface area contributed by atoms with Crippen LogP contribution in [0.15, 0.2) is 22.7 Å². The Morgan fingerprint density at radius 3 is 2.85 bits per heavy atom. The van der Waals surface area contributed by atoms with Crippen LogP contribution in [0.3, 0.4) is 0 Å². The minimum absolute atomic E-state index is 0.407. The summed E-state index contributed by atoms with van der Waals surface area (Å²) in [6.07, 6.45) is 7.80. The molecule has 0 aromatic heterocycles. The molecule has 0 amide bonds. The van der Waals surface area contributed by atoms with Gasteiger partial charge in [0.25, 0.3) is 0 Å². The molecular formula is C18H28BrN. The van der Waals surface area contributed by atoms with E-state index in [1.165, 1.54) is 54.1 Å². The highest BCUT2D eigenvalue weighted by Gasteiger charge is 2.26.